The van der Waals surface area contributed by atoms with Crippen LogP contribution in [0.15, 0.2) is 52.3 Å². The lowest BCUT2D eigenvalue weighted by Gasteiger charge is -1.95. The van der Waals surface area contributed by atoms with Crippen LogP contribution in [0.4, 0.5) is 5.82 Å². The second kappa shape index (κ2) is 5.24. The number of nitrogens with zero attached hydrogens (tertiary/aromatic N) is 4. The highest BCUT2D eigenvalue weighted by atomic mass is 32.1. The fourth-order valence-electron chi connectivity index (χ4n) is 1.80. The molecule has 0 aliphatic carbocycles. The van der Waals surface area contributed by atoms with Crippen molar-refractivity contribution < 1.29 is 0 Å². The van der Waals surface area contributed by atoms with E-state index >= 15 is 0 Å². The van der Waals surface area contributed by atoms with Crippen LogP contribution in [0.3, 0.4) is 0 Å². The molecule has 0 atom stereocenters. The molecule has 0 spiro atoms. The highest BCUT2D eigenvalue weighted by Gasteiger charge is 2.06. The number of fused-ring (bicyclic) bond motifs is 1. The van der Waals surface area contributed by atoms with Gasteiger partial charge in [-0.2, -0.15) is 5.11 Å². The van der Waals surface area contributed by atoms with Crippen molar-refractivity contribution >= 4 is 27.4 Å². The van der Waals surface area contributed by atoms with Crippen molar-refractivity contribution in [1.29, 1.82) is 0 Å². The predicted octanol–water partition coefficient (Wildman–Crippen LogP) is 4.28. The highest BCUT2D eigenvalue weighted by molar-refractivity contribution is 7.17. The van der Waals surface area contributed by atoms with E-state index in [-0.39, 0.29) is 0 Å². The Morgan fingerprint density at radius 1 is 1.16 bits per heavy atom. The number of aryl methyl sites for hydroxylation is 1. The summed E-state index contributed by atoms with van der Waals surface area (Å²) >= 11 is 1.61. The fourth-order valence-corrected chi connectivity index (χ4v) is 2.73. The van der Waals surface area contributed by atoms with Gasteiger partial charge < -0.3 is 0 Å². The average Bonchev–Trinajstić information content (AvgIpc) is 2.83. The molecule has 5 heteroatoms. The molecule has 0 fully saturated rings. The van der Waals surface area contributed by atoms with Crippen molar-refractivity contribution in [2.45, 2.75) is 13.5 Å². The Kier molecular flexibility index (Phi) is 3.29. The van der Waals surface area contributed by atoms with Gasteiger partial charge in [-0.25, -0.2) is 9.97 Å². The van der Waals surface area contributed by atoms with Crippen molar-refractivity contribution in [3.8, 4) is 0 Å². The summed E-state index contributed by atoms with van der Waals surface area (Å²) in [7, 11) is 0. The molecule has 0 radical (unpaired) electrons. The maximum atomic E-state index is 4.27. The molecule has 19 heavy (non-hydrogen) atoms. The van der Waals surface area contributed by atoms with E-state index in [9.17, 15) is 0 Å². The van der Waals surface area contributed by atoms with Crippen LogP contribution in [0.2, 0.25) is 0 Å². The summed E-state index contributed by atoms with van der Waals surface area (Å²) in [6, 6.07) is 10.0. The lowest BCUT2D eigenvalue weighted by molar-refractivity contribution is 0.948. The number of hydrogen-bond donors (Lipinski definition) is 0. The van der Waals surface area contributed by atoms with Crippen molar-refractivity contribution in [2.75, 3.05) is 0 Å². The average molecular weight is 268 g/mol. The first kappa shape index (κ1) is 11.9. The lowest BCUT2D eigenvalue weighted by atomic mass is 10.2. The molecule has 3 rings (SSSR count). The van der Waals surface area contributed by atoms with Crippen LogP contribution < -0.4 is 0 Å². The Morgan fingerprint density at radius 2 is 2.00 bits per heavy atom. The zero-order chi connectivity index (χ0) is 13.1. The quantitative estimate of drug-likeness (QED) is 0.665. The minimum absolute atomic E-state index is 0.566. The summed E-state index contributed by atoms with van der Waals surface area (Å²) in [5.74, 6) is 0.652. The summed E-state index contributed by atoms with van der Waals surface area (Å²) in [5, 5.41) is 10.5. The first-order valence-electron chi connectivity index (χ1n) is 5.95. The number of rotatable bonds is 3. The normalized spacial score (nSPS) is 11.4. The first-order chi connectivity index (χ1) is 9.34. The third kappa shape index (κ3) is 2.51. The van der Waals surface area contributed by atoms with Crippen LogP contribution in [-0.4, -0.2) is 9.97 Å². The Balaban J connectivity index is 1.85. The molecule has 0 aliphatic rings. The van der Waals surface area contributed by atoms with Gasteiger partial charge in [0.05, 0.1) is 16.8 Å². The molecule has 0 N–H and O–H groups in total. The molecule has 2 aromatic heterocycles. The van der Waals surface area contributed by atoms with E-state index in [1.165, 1.54) is 0 Å². The number of thiophene rings is 1. The van der Waals surface area contributed by atoms with E-state index in [4.69, 9.17) is 0 Å². The van der Waals surface area contributed by atoms with E-state index in [0.29, 0.717) is 12.4 Å². The molecular weight excluding hydrogens is 256 g/mol. The van der Waals surface area contributed by atoms with Gasteiger partial charge in [0, 0.05) is 0 Å². The van der Waals surface area contributed by atoms with Gasteiger partial charge in [-0.1, -0.05) is 30.3 Å². The predicted molar refractivity (Wildman–Crippen MR) is 76.8 cm³/mol. The topological polar surface area (TPSA) is 50.5 Å². The summed E-state index contributed by atoms with van der Waals surface area (Å²) in [5.41, 5.74) is 3.26. The summed E-state index contributed by atoms with van der Waals surface area (Å²) in [4.78, 5) is 8.46. The molecule has 3 aromatic rings. The molecule has 0 bridgehead atoms. The van der Waals surface area contributed by atoms with Gasteiger partial charge >= 0.3 is 0 Å². The molecule has 0 saturated carbocycles. The zero-order valence-electron chi connectivity index (χ0n) is 10.4. The minimum atomic E-state index is 0.566. The van der Waals surface area contributed by atoms with Gasteiger partial charge in [0.2, 0.25) is 0 Å². The van der Waals surface area contributed by atoms with Gasteiger partial charge in [0.15, 0.2) is 5.82 Å². The molecule has 2 heterocycles. The Labute approximate surface area is 114 Å². The van der Waals surface area contributed by atoms with E-state index in [1.54, 1.807) is 17.7 Å². The smallest absolute Gasteiger partial charge is 0.195 e. The number of azo groups is 1. The van der Waals surface area contributed by atoms with Gasteiger partial charge in [-0.15, -0.1) is 16.5 Å². The number of hydrogen-bond acceptors (Lipinski definition) is 5. The summed E-state index contributed by atoms with van der Waals surface area (Å²) in [6.45, 7) is 2.60. The SMILES string of the molecule is Cc1csc2c(N=NCc3ccccc3)ncnc12. The van der Waals surface area contributed by atoms with Crippen LogP contribution in [0, 0.1) is 6.92 Å². The van der Waals surface area contributed by atoms with Gasteiger partial charge in [0.25, 0.3) is 0 Å². The number of aromatic nitrogens is 2. The molecule has 1 aromatic carbocycles. The largest absolute Gasteiger partial charge is 0.235 e. The van der Waals surface area contributed by atoms with Crippen LogP contribution in [0.25, 0.3) is 10.2 Å². The standard InChI is InChI=1S/C14H12N4S/c1-10-8-19-13-12(10)15-9-16-14(13)18-17-7-11-5-3-2-4-6-11/h2-6,8-9H,7H2,1H3. The third-order valence-corrected chi connectivity index (χ3v) is 3.86. The van der Waals surface area contributed by atoms with Crippen molar-refractivity contribution in [3.05, 3.63) is 53.2 Å². The zero-order valence-corrected chi connectivity index (χ0v) is 11.3. The minimum Gasteiger partial charge on any atom is -0.235 e. The fraction of sp³-hybridized carbons (Fsp3) is 0.143. The van der Waals surface area contributed by atoms with Crippen LogP contribution in [-0.2, 0) is 6.54 Å². The van der Waals surface area contributed by atoms with E-state index < -0.39 is 0 Å². The molecule has 0 aliphatic heterocycles. The maximum absolute atomic E-state index is 4.27. The van der Waals surface area contributed by atoms with Crippen molar-refractivity contribution in [3.63, 3.8) is 0 Å². The maximum Gasteiger partial charge on any atom is 0.195 e. The second-order valence-corrected chi connectivity index (χ2v) is 5.06. The van der Waals surface area contributed by atoms with Gasteiger partial charge in [-0.05, 0) is 23.4 Å². The summed E-state index contributed by atoms with van der Waals surface area (Å²) < 4.78 is 0.997. The van der Waals surface area contributed by atoms with Crippen molar-refractivity contribution in [1.82, 2.24) is 9.97 Å². The molecule has 0 saturated heterocycles. The third-order valence-electron chi connectivity index (χ3n) is 2.77. The Morgan fingerprint density at radius 3 is 2.84 bits per heavy atom. The lowest BCUT2D eigenvalue weighted by Crippen LogP contribution is -1.81. The molecule has 0 amide bonds. The molecule has 0 unspecified atom stereocenters. The molecule has 4 nitrogen and oxygen atoms in total. The van der Waals surface area contributed by atoms with Crippen LogP contribution in [0.5, 0.6) is 0 Å². The van der Waals surface area contributed by atoms with E-state index in [2.05, 4.69) is 25.6 Å². The summed E-state index contributed by atoms with van der Waals surface area (Å²) in [6.07, 6.45) is 1.54. The Hall–Kier alpha value is -2.14. The second-order valence-electron chi connectivity index (χ2n) is 4.18. The van der Waals surface area contributed by atoms with E-state index in [0.717, 1.165) is 21.3 Å². The van der Waals surface area contributed by atoms with Crippen LogP contribution in [0.1, 0.15) is 11.1 Å². The van der Waals surface area contributed by atoms with E-state index in [1.807, 2.05) is 37.3 Å². The monoisotopic (exact) mass is 268 g/mol. The Bertz CT molecular complexity index is 719. The highest BCUT2D eigenvalue weighted by Crippen LogP contribution is 2.30. The molecular formula is C14H12N4S. The van der Waals surface area contributed by atoms with Crippen LogP contribution >= 0.6 is 11.3 Å². The first-order valence-corrected chi connectivity index (χ1v) is 6.83. The molecule has 94 valence electrons. The van der Waals surface area contributed by atoms with Crippen molar-refractivity contribution in [2.24, 2.45) is 10.2 Å². The number of benzene rings is 1. The van der Waals surface area contributed by atoms with Gasteiger partial charge in [0.1, 0.15) is 6.33 Å². The van der Waals surface area contributed by atoms with Gasteiger partial charge in [-0.3, -0.25) is 0 Å².